The summed E-state index contributed by atoms with van der Waals surface area (Å²) >= 11 is 0. The first-order chi connectivity index (χ1) is 13.8. The Morgan fingerprint density at radius 1 is 0.857 bits per heavy atom. The Kier molecular flexibility index (Phi) is 12.5. The van der Waals surface area contributed by atoms with E-state index in [1.54, 1.807) is 0 Å². The lowest BCUT2D eigenvalue weighted by molar-refractivity contribution is 0.239. The molecule has 0 aromatic heterocycles. The van der Waals surface area contributed by atoms with Crippen LogP contribution in [0.15, 0.2) is 30.3 Å². The molecule has 0 radical (unpaired) electrons. The van der Waals surface area contributed by atoms with Crippen LogP contribution >= 0.6 is 0 Å². The molecule has 3 nitrogen and oxygen atoms in total. The molecular weight excluding hydrogens is 346 g/mol. The van der Waals surface area contributed by atoms with Crippen LogP contribution in [0.5, 0.6) is 0 Å². The Morgan fingerprint density at radius 3 is 1.96 bits per heavy atom. The maximum Gasteiger partial charge on any atom is 0.109 e. The molecule has 1 fully saturated rings. The number of nitrogens with one attached hydrogen (secondary N) is 1. The zero-order chi connectivity index (χ0) is 19.9. The highest BCUT2D eigenvalue weighted by Crippen LogP contribution is 2.28. The van der Waals surface area contributed by atoms with Crippen LogP contribution in [-0.4, -0.2) is 30.0 Å². The van der Waals surface area contributed by atoms with Crippen molar-refractivity contribution in [2.75, 3.05) is 6.61 Å². The molecule has 0 spiro atoms. The van der Waals surface area contributed by atoms with Crippen molar-refractivity contribution in [3.05, 3.63) is 35.9 Å². The number of hydrogen-bond acceptors (Lipinski definition) is 3. The monoisotopic (exact) mass is 389 g/mol. The molecule has 2 N–H and O–H groups in total. The van der Waals surface area contributed by atoms with Gasteiger partial charge in [-0.05, 0) is 12.0 Å². The number of aliphatic hydroxyl groups excluding tert-OH is 1. The van der Waals surface area contributed by atoms with Crippen molar-refractivity contribution in [1.29, 1.82) is 0 Å². The summed E-state index contributed by atoms with van der Waals surface area (Å²) in [6.45, 7) is 3.30. The number of rotatable bonds is 18. The largest absolute Gasteiger partial charge is 0.394 e. The van der Waals surface area contributed by atoms with Gasteiger partial charge in [-0.2, -0.15) is 0 Å². The van der Waals surface area contributed by atoms with Crippen molar-refractivity contribution in [1.82, 2.24) is 5.32 Å². The normalized spacial score (nSPS) is 19.6. The van der Waals surface area contributed by atoms with Gasteiger partial charge in [-0.25, -0.2) is 0 Å². The Labute approximate surface area is 173 Å². The molecule has 2 rings (SSSR count). The Morgan fingerprint density at radius 2 is 1.43 bits per heavy atom. The average molecular weight is 390 g/mol. The van der Waals surface area contributed by atoms with E-state index in [1.807, 2.05) is 0 Å². The number of ether oxygens (including phenoxy) is 1. The molecule has 0 aliphatic carbocycles. The lowest BCUT2D eigenvalue weighted by atomic mass is 10.0. The Balaban J connectivity index is 1.49. The first-order valence-electron chi connectivity index (χ1n) is 11.9. The standard InChI is InChI=1S/C25H43NO2/c1-2-3-4-5-6-7-8-9-10-11-12-16-19-23(25-24(21-27)28-25)26-20-22-17-14-13-15-18-22/h13-15,17-18,23-27H,2-12,16,19-21H2,1H3/t23-,24+,25-/m1/s1. The van der Waals surface area contributed by atoms with Crippen LogP contribution in [-0.2, 0) is 11.3 Å². The molecule has 3 atom stereocenters. The number of hydrogen-bond donors (Lipinski definition) is 2. The number of aliphatic hydroxyl groups is 1. The van der Waals surface area contributed by atoms with E-state index < -0.39 is 0 Å². The van der Waals surface area contributed by atoms with Gasteiger partial charge in [0, 0.05) is 12.6 Å². The van der Waals surface area contributed by atoms with E-state index in [4.69, 9.17) is 4.74 Å². The molecule has 1 aliphatic rings. The van der Waals surface area contributed by atoms with Crippen molar-refractivity contribution < 1.29 is 9.84 Å². The molecule has 0 bridgehead atoms. The van der Waals surface area contributed by atoms with Gasteiger partial charge in [0.25, 0.3) is 0 Å². The maximum absolute atomic E-state index is 9.33. The first kappa shape index (κ1) is 23.4. The van der Waals surface area contributed by atoms with E-state index >= 15 is 0 Å². The summed E-state index contributed by atoms with van der Waals surface area (Å²) in [6.07, 6.45) is 18.0. The fraction of sp³-hybridized carbons (Fsp3) is 0.760. The molecule has 1 aliphatic heterocycles. The molecular formula is C25H43NO2. The fourth-order valence-electron chi connectivity index (χ4n) is 4.09. The van der Waals surface area contributed by atoms with Gasteiger partial charge in [-0.1, -0.05) is 114 Å². The smallest absolute Gasteiger partial charge is 0.109 e. The van der Waals surface area contributed by atoms with E-state index in [2.05, 4.69) is 42.6 Å². The van der Waals surface area contributed by atoms with Gasteiger partial charge in [0.1, 0.15) is 12.2 Å². The molecule has 1 aromatic rings. The lowest BCUT2D eigenvalue weighted by Gasteiger charge is -2.17. The summed E-state index contributed by atoms with van der Waals surface area (Å²) in [5.74, 6) is 0. The van der Waals surface area contributed by atoms with E-state index in [-0.39, 0.29) is 18.8 Å². The molecule has 3 heteroatoms. The predicted octanol–water partition coefficient (Wildman–Crippen LogP) is 6.00. The summed E-state index contributed by atoms with van der Waals surface area (Å²) in [6, 6.07) is 10.9. The van der Waals surface area contributed by atoms with Gasteiger partial charge in [0.15, 0.2) is 0 Å². The molecule has 1 heterocycles. The van der Waals surface area contributed by atoms with Gasteiger partial charge in [0.05, 0.1) is 6.61 Å². The summed E-state index contributed by atoms with van der Waals surface area (Å²) in [4.78, 5) is 0. The summed E-state index contributed by atoms with van der Waals surface area (Å²) < 4.78 is 5.66. The molecule has 28 heavy (non-hydrogen) atoms. The second-order valence-electron chi connectivity index (χ2n) is 8.47. The fourth-order valence-corrected chi connectivity index (χ4v) is 4.09. The molecule has 0 saturated carbocycles. The minimum atomic E-state index is 0.0469. The maximum atomic E-state index is 9.33. The quantitative estimate of drug-likeness (QED) is 0.239. The van der Waals surface area contributed by atoms with E-state index in [1.165, 1.54) is 82.6 Å². The third-order valence-corrected chi connectivity index (χ3v) is 5.98. The van der Waals surface area contributed by atoms with E-state index in [0.717, 1.165) is 13.0 Å². The zero-order valence-electron chi connectivity index (χ0n) is 18.1. The summed E-state index contributed by atoms with van der Waals surface area (Å²) in [5.41, 5.74) is 1.31. The molecule has 1 saturated heterocycles. The van der Waals surface area contributed by atoms with Crippen LogP contribution in [0.4, 0.5) is 0 Å². The van der Waals surface area contributed by atoms with Crippen LogP contribution < -0.4 is 5.32 Å². The van der Waals surface area contributed by atoms with Gasteiger partial charge < -0.3 is 15.2 Å². The minimum Gasteiger partial charge on any atom is -0.394 e. The first-order valence-corrected chi connectivity index (χ1v) is 11.9. The highest BCUT2D eigenvalue weighted by molar-refractivity contribution is 5.14. The molecule has 0 unspecified atom stereocenters. The van der Waals surface area contributed by atoms with Gasteiger partial charge in [-0.15, -0.1) is 0 Å². The van der Waals surface area contributed by atoms with Gasteiger partial charge in [-0.3, -0.25) is 0 Å². The SMILES string of the molecule is CCCCCCCCCCCCCC[C@@H](NCc1ccccc1)[C@H]1O[C@H]1CO. The highest BCUT2D eigenvalue weighted by atomic mass is 16.6. The van der Waals surface area contributed by atoms with Crippen molar-refractivity contribution in [3.63, 3.8) is 0 Å². The lowest BCUT2D eigenvalue weighted by Crippen LogP contribution is -2.35. The van der Waals surface area contributed by atoms with E-state index in [0.29, 0.717) is 6.04 Å². The third kappa shape index (κ3) is 10.0. The molecule has 1 aromatic carbocycles. The highest BCUT2D eigenvalue weighted by Gasteiger charge is 2.43. The van der Waals surface area contributed by atoms with Crippen LogP contribution in [0, 0.1) is 0 Å². The number of unbranched alkanes of at least 4 members (excludes halogenated alkanes) is 11. The van der Waals surface area contributed by atoms with Crippen LogP contribution in [0.3, 0.4) is 0 Å². The average Bonchev–Trinajstić information content (AvgIpc) is 3.51. The second-order valence-corrected chi connectivity index (χ2v) is 8.47. The van der Waals surface area contributed by atoms with Gasteiger partial charge in [0.2, 0.25) is 0 Å². The predicted molar refractivity (Wildman–Crippen MR) is 119 cm³/mol. The molecule has 0 amide bonds. The van der Waals surface area contributed by atoms with Crippen molar-refractivity contribution >= 4 is 0 Å². The van der Waals surface area contributed by atoms with E-state index in [9.17, 15) is 5.11 Å². The number of epoxide rings is 1. The topological polar surface area (TPSA) is 44.8 Å². The van der Waals surface area contributed by atoms with Gasteiger partial charge >= 0.3 is 0 Å². The summed E-state index contributed by atoms with van der Waals surface area (Å²) in [5, 5.41) is 13.0. The van der Waals surface area contributed by atoms with Crippen molar-refractivity contribution in [3.8, 4) is 0 Å². The van der Waals surface area contributed by atoms with Crippen molar-refractivity contribution in [2.45, 2.75) is 115 Å². The minimum absolute atomic E-state index is 0.0469. The van der Waals surface area contributed by atoms with Crippen LogP contribution in [0.25, 0.3) is 0 Å². The Bertz CT molecular complexity index is 479. The second kappa shape index (κ2) is 15.0. The Hall–Kier alpha value is -0.900. The van der Waals surface area contributed by atoms with Crippen LogP contribution in [0.1, 0.15) is 96.0 Å². The summed E-state index contributed by atoms with van der Waals surface area (Å²) in [7, 11) is 0. The molecule has 160 valence electrons. The van der Waals surface area contributed by atoms with Crippen LogP contribution in [0.2, 0.25) is 0 Å². The number of benzene rings is 1. The third-order valence-electron chi connectivity index (χ3n) is 5.98. The van der Waals surface area contributed by atoms with Crippen molar-refractivity contribution in [2.24, 2.45) is 0 Å². The zero-order valence-corrected chi connectivity index (χ0v) is 18.1.